The van der Waals surface area contributed by atoms with E-state index in [0.717, 1.165) is 5.56 Å². The first-order chi connectivity index (χ1) is 11.1. The monoisotopic (exact) mass is 312 g/mol. The summed E-state index contributed by atoms with van der Waals surface area (Å²) in [7, 11) is 0. The molecule has 0 aliphatic carbocycles. The number of hydrogen-bond donors (Lipinski definition) is 1. The third kappa shape index (κ3) is 3.74. The van der Waals surface area contributed by atoms with Crippen LogP contribution in [0.25, 0.3) is 0 Å². The molecule has 0 radical (unpaired) electrons. The fourth-order valence-corrected chi connectivity index (χ4v) is 2.71. The molecular weight excluding hydrogens is 295 g/mol. The standard InChI is InChI=1S/C18H17FN2O2/c19-15-7-4-8-16(10-15)20-18(23)14-9-17(22)21(12-14)11-13-5-2-1-3-6-13/h1-8,10,14H,9,11-12H2,(H,20,23). The van der Waals surface area contributed by atoms with Crippen LogP contribution in [0.5, 0.6) is 0 Å². The van der Waals surface area contributed by atoms with Crippen molar-refractivity contribution in [2.75, 3.05) is 11.9 Å². The fourth-order valence-electron chi connectivity index (χ4n) is 2.71. The summed E-state index contributed by atoms with van der Waals surface area (Å²) in [6.45, 7) is 0.887. The average molecular weight is 312 g/mol. The number of carbonyl (C=O) groups is 2. The molecular formula is C18H17FN2O2. The Balaban J connectivity index is 1.61. The molecule has 2 aromatic carbocycles. The average Bonchev–Trinajstić information content (AvgIpc) is 2.89. The minimum absolute atomic E-state index is 0.0340. The van der Waals surface area contributed by atoms with E-state index in [2.05, 4.69) is 5.32 Å². The Morgan fingerprint density at radius 3 is 2.70 bits per heavy atom. The molecule has 1 N–H and O–H groups in total. The number of rotatable bonds is 4. The van der Waals surface area contributed by atoms with Gasteiger partial charge in [0, 0.05) is 25.2 Å². The Kier molecular flexibility index (Phi) is 4.37. The summed E-state index contributed by atoms with van der Waals surface area (Å²) in [6, 6.07) is 15.4. The van der Waals surface area contributed by atoms with E-state index < -0.39 is 11.7 Å². The van der Waals surface area contributed by atoms with Gasteiger partial charge in [-0.1, -0.05) is 36.4 Å². The molecule has 3 rings (SSSR count). The number of amides is 2. The third-order valence-electron chi connectivity index (χ3n) is 3.89. The van der Waals surface area contributed by atoms with Crippen molar-refractivity contribution in [2.24, 2.45) is 5.92 Å². The maximum Gasteiger partial charge on any atom is 0.229 e. The van der Waals surface area contributed by atoms with Crippen molar-refractivity contribution in [3.63, 3.8) is 0 Å². The molecule has 0 bridgehead atoms. The van der Waals surface area contributed by atoms with Gasteiger partial charge in [0.05, 0.1) is 5.92 Å². The number of anilines is 1. The van der Waals surface area contributed by atoms with Gasteiger partial charge >= 0.3 is 0 Å². The number of benzene rings is 2. The van der Waals surface area contributed by atoms with E-state index >= 15 is 0 Å². The highest BCUT2D eigenvalue weighted by molar-refractivity contribution is 5.97. The smallest absolute Gasteiger partial charge is 0.229 e. The molecule has 4 nitrogen and oxygen atoms in total. The van der Waals surface area contributed by atoms with Gasteiger partial charge in [-0.3, -0.25) is 9.59 Å². The van der Waals surface area contributed by atoms with Gasteiger partial charge in [-0.2, -0.15) is 0 Å². The first kappa shape index (κ1) is 15.2. The Labute approximate surface area is 133 Å². The highest BCUT2D eigenvalue weighted by Crippen LogP contribution is 2.22. The van der Waals surface area contributed by atoms with Crippen molar-refractivity contribution in [1.82, 2.24) is 4.90 Å². The lowest BCUT2D eigenvalue weighted by Gasteiger charge is -2.16. The topological polar surface area (TPSA) is 49.4 Å². The number of nitrogens with one attached hydrogen (secondary N) is 1. The second-order valence-electron chi connectivity index (χ2n) is 5.66. The van der Waals surface area contributed by atoms with Crippen molar-refractivity contribution in [1.29, 1.82) is 0 Å². The zero-order valence-electron chi connectivity index (χ0n) is 12.5. The number of hydrogen-bond acceptors (Lipinski definition) is 2. The molecule has 1 heterocycles. The summed E-state index contributed by atoms with van der Waals surface area (Å²) in [5.74, 6) is -1.10. The Hall–Kier alpha value is -2.69. The molecule has 1 saturated heterocycles. The van der Waals surface area contributed by atoms with E-state index in [1.165, 1.54) is 18.2 Å². The minimum atomic E-state index is -0.408. The highest BCUT2D eigenvalue weighted by Gasteiger charge is 2.34. The normalized spacial score (nSPS) is 17.3. The zero-order valence-corrected chi connectivity index (χ0v) is 12.5. The molecule has 1 atom stereocenters. The van der Waals surface area contributed by atoms with Gasteiger partial charge < -0.3 is 10.2 Å². The molecule has 0 saturated carbocycles. The van der Waals surface area contributed by atoms with Crippen LogP contribution in [0.1, 0.15) is 12.0 Å². The van der Waals surface area contributed by atoms with E-state index in [-0.39, 0.29) is 18.2 Å². The van der Waals surface area contributed by atoms with Crippen molar-refractivity contribution in [2.45, 2.75) is 13.0 Å². The Morgan fingerprint density at radius 2 is 1.96 bits per heavy atom. The predicted octanol–water partition coefficient (Wildman–Crippen LogP) is 2.81. The fraction of sp³-hybridized carbons (Fsp3) is 0.222. The number of carbonyl (C=O) groups excluding carboxylic acids is 2. The van der Waals surface area contributed by atoms with E-state index in [0.29, 0.717) is 18.8 Å². The second kappa shape index (κ2) is 6.60. The maximum atomic E-state index is 13.1. The van der Waals surface area contributed by atoms with Gasteiger partial charge in [0.25, 0.3) is 0 Å². The van der Waals surface area contributed by atoms with Crippen LogP contribution in [0.4, 0.5) is 10.1 Å². The maximum absolute atomic E-state index is 13.1. The van der Waals surface area contributed by atoms with Crippen LogP contribution in [0.2, 0.25) is 0 Å². The molecule has 0 spiro atoms. The first-order valence-corrected chi connectivity index (χ1v) is 7.50. The van der Waals surface area contributed by atoms with Gasteiger partial charge in [0.1, 0.15) is 5.82 Å². The second-order valence-corrected chi connectivity index (χ2v) is 5.66. The van der Waals surface area contributed by atoms with Gasteiger partial charge in [-0.25, -0.2) is 4.39 Å². The van der Waals surface area contributed by atoms with Crippen molar-refractivity contribution >= 4 is 17.5 Å². The molecule has 0 aromatic heterocycles. The van der Waals surface area contributed by atoms with Crippen LogP contribution in [-0.2, 0) is 16.1 Å². The van der Waals surface area contributed by atoms with E-state index in [1.54, 1.807) is 11.0 Å². The Morgan fingerprint density at radius 1 is 1.17 bits per heavy atom. The summed E-state index contributed by atoms with van der Waals surface area (Å²) >= 11 is 0. The summed E-state index contributed by atoms with van der Waals surface area (Å²) in [5, 5.41) is 2.67. The van der Waals surface area contributed by atoms with Crippen LogP contribution in [0, 0.1) is 11.7 Å². The van der Waals surface area contributed by atoms with Crippen LogP contribution in [0.15, 0.2) is 54.6 Å². The number of likely N-dealkylation sites (tertiary alicyclic amines) is 1. The van der Waals surface area contributed by atoms with Gasteiger partial charge in [-0.15, -0.1) is 0 Å². The first-order valence-electron chi connectivity index (χ1n) is 7.50. The zero-order chi connectivity index (χ0) is 16.2. The van der Waals surface area contributed by atoms with Crippen LogP contribution < -0.4 is 5.32 Å². The van der Waals surface area contributed by atoms with Crippen molar-refractivity contribution < 1.29 is 14.0 Å². The molecule has 1 aliphatic rings. The van der Waals surface area contributed by atoms with Crippen LogP contribution in [-0.4, -0.2) is 23.3 Å². The van der Waals surface area contributed by atoms with E-state index in [4.69, 9.17) is 0 Å². The van der Waals surface area contributed by atoms with E-state index in [1.807, 2.05) is 30.3 Å². The Bertz CT molecular complexity index is 718. The van der Waals surface area contributed by atoms with Gasteiger partial charge in [0.15, 0.2) is 0 Å². The summed E-state index contributed by atoms with van der Waals surface area (Å²) in [6.07, 6.45) is 0.188. The molecule has 1 unspecified atom stereocenters. The molecule has 5 heteroatoms. The molecule has 118 valence electrons. The molecule has 2 aromatic rings. The number of halogens is 1. The molecule has 23 heavy (non-hydrogen) atoms. The van der Waals surface area contributed by atoms with Gasteiger partial charge in [-0.05, 0) is 23.8 Å². The lowest BCUT2D eigenvalue weighted by atomic mass is 10.1. The van der Waals surface area contributed by atoms with Crippen molar-refractivity contribution in [3.8, 4) is 0 Å². The van der Waals surface area contributed by atoms with Crippen molar-refractivity contribution in [3.05, 3.63) is 66.0 Å². The summed E-state index contributed by atoms with van der Waals surface area (Å²) < 4.78 is 13.1. The molecule has 1 aliphatic heterocycles. The quantitative estimate of drug-likeness (QED) is 0.944. The van der Waals surface area contributed by atoms with E-state index in [9.17, 15) is 14.0 Å². The lowest BCUT2D eigenvalue weighted by Crippen LogP contribution is -2.28. The summed E-state index contributed by atoms with van der Waals surface area (Å²) in [4.78, 5) is 26.0. The predicted molar refractivity (Wildman–Crippen MR) is 85.0 cm³/mol. The third-order valence-corrected chi connectivity index (χ3v) is 3.89. The van der Waals surface area contributed by atoms with Gasteiger partial charge in [0.2, 0.25) is 11.8 Å². The van der Waals surface area contributed by atoms with Crippen LogP contribution >= 0.6 is 0 Å². The SMILES string of the molecule is O=C(Nc1cccc(F)c1)C1CC(=O)N(Cc2ccccc2)C1. The molecule has 1 fully saturated rings. The summed E-state index contributed by atoms with van der Waals surface area (Å²) in [5.41, 5.74) is 1.44. The van der Waals surface area contributed by atoms with Crippen LogP contribution in [0.3, 0.4) is 0 Å². The number of nitrogens with zero attached hydrogens (tertiary/aromatic N) is 1. The minimum Gasteiger partial charge on any atom is -0.338 e. The lowest BCUT2D eigenvalue weighted by molar-refractivity contribution is -0.128. The highest BCUT2D eigenvalue weighted by atomic mass is 19.1. The molecule has 2 amide bonds. The largest absolute Gasteiger partial charge is 0.338 e.